The summed E-state index contributed by atoms with van der Waals surface area (Å²) in [5.74, 6) is 0. The van der Waals surface area contributed by atoms with Gasteiger partial charge in [0, 0.05) is 0 Å². The van der Waals surface area contributed by atoms with Crippen molar-refractivity contribution in [3.8, 4) is 11.7 Å². The summed E-state index contributed by atoms with van der Waals surface area (Å²) in [5.41, 5.74) is 0.999. The minimum Gasteiger partial charge on any atom is -0.462 e. The van der Waals surface area contributed by atoms with Gasteiger partial charge in [0.2, 0.25) is 0 Å². The second-order valence-corrected chi connectivity index (χ2v) is 6.34. The second-order valence-electron chi connectivity index (χ2n) is 6.34. The number of para-hydroxylation sites is 1. The first-order valence-corrected chi connectivity index (χ1v) is 9.50. The van der Waals surface area contributed by atoms with Crippen LogP contribution in [0.5, 0.6) is 6.01 Å². The molecule has 1 aromatic heterocycles. The summed E-state index contributed by atoms with van der Waals surface area (Å²) in [7, 11) is 0. The average Bonchev–Trinajstić information content (AvgIpc) is 3.09. The van der Waals surface area contributed by atoms with Crippen molar-refractivity contribution in [1.82, 2.24) is 14.8 Å². The van der Waals surface area contributed by atoms with Crippen molar-refractivity contribution < 1.29 is 4.74 Å². The summed E-state index contributed by atoms with van der Waals surface area (Å²) in [6.45, 7) is 2.97. The lowest BCUT2D eigenvalue weighted by atomic mass is 10.1. The SMILES string of the molecule is CCCCCCCCCCCCOc1ncn(-c2ccccc2)n1. The molecule has 2 aromatic rings. The van der Waals surface area contributed by atoms with Crippen LogP contribution in [0.3, 0.4) is 0 Å². The highest BCUT2D eigenvalue weighted by atomic mass is 16.5. The van der Waals surface area contributed by atoms with Crippen LogP contribution in [0.25, 0.3) is 5.69 Å². The predicted molar refractivity (Wildman–Crippen MR) is 98.7 cm³/mol. The lowest BCUT2D eigenvalue weighted by Crippen LogP contribution is -2.00. The lowest BCUT2D eigenvalue weighted by molar-refractivity contribution is 0.281. The van der Waals surface area contributed by atoms with E-state index >= 15 is 0 Å². The molecule has 0 aliphatic heterocycles. The smallest absolute Gasteiger partial charge is 0.335 e. The third-order valence-corrected chi connectivity index (χ3v) is 4.22. The monoisotopic (exact) mass is 329 g/mol. The van der Waals surface area contributed by atoms with Crippen LogP contribution < -0.4 is 4.74 Å². The van der Waals surface area contributed by atoms with Crippen molar-refractivity contribution in [3.05, 3.63) is 36.7 Å². The molecule has 0 aliphatic rings. The number of benzene rings is 1. The van der Waals surface area contributed by atoms with Crippen LogP contribution in [0.4, 0.5) is 0 Å². The number of ether oxygens (including phenoxy) is 1. The highest BCUT2D eigenvalue weighted by Crippen LogP contribution is 2.11. The number of rotatable bonds is 13. The molecule has 24 heavy (non-hydrogen) atoms. The van der Waals surface area contributed by atoms with Gasteiger partial charge in [-0.25, -0.2) is 4.68 Å². The Hall–Kier alpha value is -1.84. The summed E-state index contributed by atoms with van der Waals surface area (Å²) in [5, 5.41) is 4.35. The molecule has 2 rings (SSSR count). The van der Waals surface area contributed by atoms with Gasteiger partial charge in [-0.05, 0) is 18.6 Å². The normalized spacial score (nSPS) is 10.9. The Balaban J connectivity index is 1.49. The van der Waals surface area contributed by atoms with Crippen molar-refractivity contribution >= 4 is 0 Å². The van der Waals surface area contributed by atoms with Gasteiger partial charge in [-0.3, -0.25) is 0 Å². The Morgan fingerprint density at radius 2 is 1.46 bits per heavy atom. The van der Waals surface area contributed by atoms with E-state index < -0.39 is 0 Å². The van der Waals surface area contributed by atoms with E-state index in [-0.39, 0.29) is 0 Å². The van der Waals surface area contributed by atoms with Gasteiger partial charge in [-0.1, -0.05) is 82.9 Å². The fraction of sp³-hybridized carbons (Fsp3) is 0.600. The topological polar surface area (TPSA) is 39.9 Å². The fourth-order valence-corrected chi connectivity index (χ4v) is 2.77. The minimum absolute atomic E-state index is 0.467. The summed E-state index contributed by atoms with van der Waals surface area (Å²) >= 11 is 0. The van der Waals surface area contributed by atoms with E-state index in [0.29, 0.717) is 12.6 Å². The van der Waals surface area contributed by atoms with Crippen LogP contribution in [-0.4, -0.2) is 21.4 Å². The zero-order valence-corrected chi connectivity index (χ0v) is 15.0. The van der Waals surface area contributed by atoms with Gasteiger partial charge in [0.15, 0.2) is 0 Å². The number of aromatic nitrogens is 3. The van der Waals surface area contributed by atoms with Crippen LogP contribution in [0.2, 0.25) is 0 Å². The summed E-state index contributed by atoms with van der Waals surface area (Å²) in [6, 6.07) is 10.4. The molecule has 0 unspecified atom stereocenters. The van der Waals surface area contributed by atoms with E-state index in [1.54, 1.807) is 11.0 Å². The molecule has 4 nitrogen and oxygen atoms in total. The van der Waals surface area contributed by atoms with Crippen molar-refractivity contribution in [2.45, 2.75) is 71.1 Å². The number of hydrogen-bond acceptors (Lipinski definition) is 3. The molecule has 1 aromatic carbocycles. The summed E-state index contributed by atoms with van der Waals surface area (Å²) in [4.78, 5) is 4.20. The molecule has 0 fully saturated rings. The fourth-order valence-electron chi connectivity index (χ4n) is 2.77. The molecule has 0 spiro atoms. The van der Waals surface area contributed by atoms with Gasteiger partial charge < -0.3 is 4.74 Å². The third kappa shape index (κ3) is 7.16. The molecular formula is C20H31N3O. The van der Waals surface area contributed by atoms with Crippen LogP contribution in [0.1, 0.15) is 71.1 Å². The first kappa shape index (κ1) is 18.5. The Labute approximate surface area is 146 Å². The predicted octanol–water partition coefficient (Wildman–Crippen LogP) is 5.57. The van der Waals surface area contributed by atoms with Crippen LogP contribution in [0.15, 0.2) is 36.7 Å². The number of hydrogen-bond donors (Lipinski definition) is 0. The van der Waals surface area contributed by atoms with E-state index in [9.17, 15) is 0 Å². The van der Waals surface area contributed by atoms with Crippen molar-refractivity contribution in [2.24, 2.45) is 0 Å². The lowest BCUT2D eigenvalue weighted by Gasteiger charge is -2.03. The van der Waals surface area contributed by atoms with Gasteiger partial charge in [0.05, 0.1) is 12.3 Å². The number of nitrogens with zero attached hydrogens (tertiary/aromatic N) is 3. The molecule has 4 heteroatoms. The van der Waals surface area contributed by atoms with Crippen LogP contribution >= 0.6 is 0 Å². The largest absolute Gasteiger partial charge is 0.462 e. The summed E-state index contributed by atoms with van der Waals surface area (Å²) in [6.07, 6.45) is 15.0. The van der Waals surface area contributed by atoms with Gasteiger partial charge in [-0.15, -0.1) is 5.10 Å². The van der Waals surface area contributed by atoms with E-state index in [1.165, 1.54) is 57.8 Å². The third-order valence-electron chi connectivity index (χ3n) is 4.22. The molecule has 0 bridgehead atoms. The van der Waals surface area contributed by atoms with Crippen molar-refractivity contribution in [3.63, 3.8) is 0 Å². The second kappa shape index (κ2) is 11.7. The maximum atomic E-state index is 5.64. The van der Waals surface area contributed by atoms with E-state index in [4.69, 9.17) is 4.74 Å². The maximum Gasteiger partial charge on any atom is 0.335 e. The van der Waals surface area contributed by atoms with E-state index in [2.05, 4.69) is 17.0 Å². The van der Waals surface area contributed by atoms with Crippen LogP contribution in [0, 0.1) is 0 Å². The first-order valence-electron chi connectivity index (χ1n) is 9.50. The molecule has 0 aliphatic carbocycles. The molecule has 132 valence electrons. The van der Waals surface area contributed by atoms with E-state index in [1.807, 2.05) is 30.3 Å². The van der Waals surface area contributed by atoms with E-state index in [0.717, 1.165) is 12.1 Å². The maximum absolute atomic E-state index is 5.64. The molecular weight excluding hydrogens is 298 g/mol. The Morgan fingerprint density at radius 1 is 0.833 bits per heavy atom. The van der Waals surface area contributed by atoms with Gasteiger partial charge in [-0.2, -0.15) is 4.98 Å². The zero-order chi connectivity index (χ0) is 16.9. The highest BCUT2D eigenvalue weighted by Gasteiger charge is 2.03. The standard InChI is InChI=1S/C20H31N3O/c1-2-3-4-5-6-7-8-9-10-14-17-24-20-21-18-23(22-20)19-15-12-11-13-16-19/h11-13,15-16,18H,2-10,14,17H2,1H3. The Kier molecular flexibility index (Phi) is 8.99. The molecule has 0 atom stereocenters. The molecule has 0 amide bonds. The van der Waals surface area contributed by atoms with Crippen molar-refractivity contribution in [1.29, 1.82) is 0 Å². The first-order chi connectivity index (χ1) is 11.9. The quantitative estimate of drug-likeness (QED) is 0.451. The van der Waals surface area contributed by atoms with Crippen LogP contribution in [-0.2, 0) is 0 Å². The molecule has 1 heterocycles. The Morgan fingerprint density at radius 3 is 2.12 bits per heavy atom. The zero-order valence-electron chi connectivity index (χ0n) is 15.0. The Bertz CT molecular complexity index is 539. The van der Waals surface area contributed by atoms with Gasteiger partial charge >= 0.3 is 6.01 Å². The summed E-state index contributed by atoms with van der Waals surface area (Å²) < 4.78 is 7.38. The van der Waals surface area contributed by atoms with Gasteiger partial charge in [0.25, 0.3) is 0 Å². The molecule has 0 N–H and O–H groups in total. The van der Waals surface area contributed by atoms with Gasteiger partial charge in [0.1, 0.15) is 6.33 Å². The van der Waals surface area contributed by atoms with Crippen molar-refractivity contribution in [2.75, 3.05) is 6.61 Å². The molecule has 0 saturated heterocycles. The number of unbranched alkanes of at least 4 members (excludes halogenated alkanes) is 9. The minimum atomic E-state index is 0.467. The molecule has 0 radical (unpaired) electrons. The molecule has 0 saturated carbocycles. The highest BCUT2D eigenvalue weighted by molar-refractivity contribution is 5.29. The average molecular weight is 329 g/mol.